The van der Waals surface area contributed by atoms with Gasteiger partial charge in [-0.3, -0.25) is 14.4 Å². The second-order valence-electron chi connectivity index (χ2n) is 10.0. The van der Waals surface area contributed by atoms with E-state index in [1.807, 2.05) is 56.3 Å². The minimum absolute atomic E-state index is 0.0478. The summed E-state index contributed by atoms with van der Waals surface area (Å²) in [6.45, 7) is 6.15. The van der Waals surface area contributed by atoms with Crippen LogP contribution in [0.2, 0.25) is 0 Å². The molecule has 192 valence electrons. The summed E-state index contributed by atoms with van der Waals surface area (Å²) in [5, 5.41) is 5.88. The van der Waals surface area contributed by atoms with E-state index < -0.39 is 11.4 Å². The van der Waals surface area contributed by atoms with Crippen molar-refractivity contribution in [3.05, 3.63) is 76.9 Å². The Morgan fingerprint density at radius 1 is 1.16 bits per heavy atom. The third-order valence-electron chi connectivity index (χ3n) is 7.15. The smallest absolute Gasteiger partial charge is 0.276 e. The van der Waals surface area contributed by atoms with Crippen molar-refractivity contribution in [2.24, 2.45) is 0 Å². The zero-order valence-corrected chi connectivity index (χ0v) is 21.5. The lowest BCUT2D eigenvalue weighted by Gasteiger charge is -2.44. The maximum absolute atomic E-state index is 13.8. The summed E-state index contributed by atoms with van der Waals surface area (Å²) >= 11 is 0. The third kappa shape index (κ3) is 4.45. The van der Waals surface area contributed by atoms with Crippen LogP contribution >= 0.6 is 0 Å². The molecule has 2 aliphatic rings. The molecule has 37 heavy (non-hydrogen) atoms. The number of imidazole rings is 1. The molecule has 2 aromatic carbocycles. The molecule has 5 rings (SSSR count). The maximum atomic E-state index is 13.8. The molecule has 2 N–H and O–H groups in total. The summed E-state index contributed by atoms with van der Waals surface area (Å²) in [5.41, 5.74) is 2.67. The van der Waals surface area contributed by atoms with Crippen LogP contribution in [-0.2, 0) is 17.9 Å². The first-order chi connectivity index (χ1) is 17.7. The fourth-order valence-electron chi connectivity index (χ4n) is 5.07. The van der Waals surface area contributed by atoms with Crippen LogP contribution in [0.5, 0.6) is 5.75 Å². The Labute approximate surface area is 215 Å². The van der Waals surface area contributed by atoms with Crippen LogP contribution in [0.4, 0.5) is 5.69 Å². The number of hydrogen-bond donors (Lipinski definition) is 2. The van der Waals surface area contributed by atoms with Crippen LogP contribution in [0.3, 0.4) is 0 Å². The van der Waals surface area contributed by atoms with Gasteiger partial charge >= 0.3 is 0 Å². The molecule has 1 saturated carbocycles. The van der Waals surface area contributed by atoms with Gasteiger partial charge in [-0.25, -0.2) is 4.98 Å². The van der Waals surface area contributed by atoms with Crippen LogP contribution in [0.1, 0.15) is 57.4 Å². The van der Waals surface area contributed by atoms with Crippen LogP contribution < -0.4 is 15.4 Å². The SMILES string of the molecule is COc1ccccc1CNC(=O)C1(C)Cn2cnc(C(=O)Nc3ccc(C)cc3C)c2C(=O)N1C1CC1. The van der Waals surface area contributed by atoms with Crippen molar-refractivity contribution >= 4 is 23.4 Å². The molecular formula is C28H31N5O4. The van der Waals surface area contributed by atoms with E-state index in [0.29, 0.717) is 11.4 Å². The Morgan fingerprint density at radius 2 is 1.92 bits per heavy atom. The average Bonchev–Trinajstić information content (AvgIpc) is 3.61. The number of nitrogens with zero attached hydrogens (tertiary/aromatic N) is 3. The zero-order chi connectivity index (χ0) is 26.3. The number of benzene rings is 2. The first-order valence-corrected chi connectivity index (χ1v) is 12.4. The van der Waals surface area contributed by atoms with E-state index in [9.17, 15) is 14.4 Å². The number of fused-ring (bicyclic) bond motifs is 1. The number of aromatic nitrogens is 2. The van der Waals surface area contributed by atoms with E-state index in [0.717, 1.165) is 29.5 Å². The molecular weight excluding hydrogens is 470 g/mol. The lowest BCUT2D eigenvalue weighted by molar-refractivity contribution is -0.133. The quantitative estimate of drug-likeness (QED) is 0.516. The van der Waals surface area contributed by atoms with Crippen LogP contribution in [0, 0.1) is 13.8 Å². The summed E-state index contributed by atoms with van der Waals surface area (Å²) in [6.07, 6.45) is 3.11. The van der Waals surface area contributed by atoms with Crippen LogP contribution in [-0.4, -0.2) is 50.9 Å². The monoisotopic (exact) mass is 501 g/mol. The van der Waals surface area contributed by atoms with Gasteiger partial charge in [0.25, 0.3) is 11.8 Å². The molecule has 1 aromatic heterocycles. The van der Waals surface area contributed by atoms with E-state index in [4.69, 9.17) is 4.74 Å². The highest BCUT2D eigenvalue weighted by atomic mass is 16.5. The topological polar surface area (TPSA) is 106 Å². The van der Waals surface area contributed by atoms with Gasteiger partial charge in [0, 0.05) is 23.8 Å². The fourth-order valence-corrected chi connectivity index (χ4v) is 5.07. The number of anilines is 1. The zero-order valence-electron chi connectivity index (χ0n) is 21.5. The molecule has 0 saturated heterocycles. The normalized spacial score (nSPS) is 18.8. The highest BCUT2D eigenvalue weighted by molar-refractivity contribution is 6.12. The molecule has 1 fully saturated rings. The van der Waals surface area contributed by atoms with Gasteiger partial charge < -0.3 is 24.8 Å². The largest absolute Gasteiger partial charge is 0.496 e. The number of ether oxygens (including phenoxy) is 1. The lowest BCUT2D eigenvalue weighted by atomic mass is 9.93. The van der Waals surface area contributed by atoms with Crippen molar-refractivity contribution in [3.8, 4) is 5.75 Å². The first kappa shape index (κ1) is 24.5. The maximum Gasteiger partial charge on any atom is 0.276 e. The number of para-hydroxylation sites is 1. The van der Waals surface area contributed by atoms with Gasteiger partial charge in [0.15, 0.2) is 5.69 Å². The second kappa shape index (κ2) is 9.38. The highest BCUT2D eigenvalue weighted by Gasteiger charge is 2.53. The molecule has 9 heteroatoms. The van der Waals surface area contributed by atoms with E-state index >= 15 is 0 Å². The molecule has 9 nitrogen and oxygen atoms in total. The van der Waals surface area contributed by atoms with Gasteiger partial charge in [0.1, 0.15) is 17.0 Å². The predicted octanol–water partition coefficient (Wildman–Crippen LogP) is 3.45. The Kier molecular flexibility index (Phi) is 6.23. The van der Waals surface area contributed by atoms with Crippen molar-refractivity contribution in [2.75, 3.05) is 12.4 Å². The van der Waals surface area contributed by atoms with E-state index in [1.54, 1.807) is 23.5 Å². The van der Waals surface area contributed by atoms with E-state index in [-0.39, 0.29) is 42.3 Å². The van der Waals surface area contributed by atoms with Gasteiger partial charge in [0.05, 0.1) is 20.0 Å². The number of nitrogens with one attached hydrogen (secondary N) is 2. The highest BCUT2D eigenvalue weighted by Crippen LogP contribution is 2.39. The summed E-state index contributed by atoms with van der Waals surface area (Å²) in [6, 6.07) is 13.2. The van der Waals surface area contributed by atoms with Gasteiger partial charge in [-0.2, -0.15) is 0 Å². The molecule has 1 aliphatic carbocycles. The summed E-state index contributed by atoms with van der Waals surface area (Å²) in [7, 11) is 1.59. The third-order valence-corrected chi connectivity index (χ3v) is 7.15. The van der Waals surface area contributed by atoms with Crippen molar-refractivity contribution in [1.29, 1.82) is 0 Å². The molecule has 2 heterocycles. The molecule has 3 aromatic rings. The van der Waals surface area contributed by atoms with Gasteiger partial charge in [-0.1, -0.05) is 35.9 Å². The minimum Gasteiger partial charge on any atom is -0.496 e. The van der Waals surface area contributed by atoms with Crippen molar-refractivity contribution in [2.45, 2.75) is 58.3 Å². The number of carbonyl (C=O) groups excluding carboxylic acids is 3. The predicted molar refractivity (Wildman–Crippen MR) is 139 cm³/mol. The number of amides is 3. The van der Waals surface area contributed by atoms with Gasteiger partial charge in [-0.15, -0.1) is 0 Å². The first-order valence-electron chi connectivity index (χ1n) is 12.4. The number of hydrogen-bond acceptors (Lipinski definition) is 5. The lowest BCUT2D eigenvalue weighted by Crippen LogP contribution is -2.64. The van der Waals surface area contributed by atoms with Crippen molar-refractivity contribution < 1.29 is 19.1 Å². The Balaban J connectivity index is 1.41. The Hall–Kier alpha value is -4.14. The van der Waals surface area contributed by atoms with Crippen molar-refractivity contribution in [3.63, 3.8) is 0 Å². The van der Waals surface area contributed by atoms with Crippen LogP contribution in [0.25, 0.3) is 0 Å². The molecule has 0 bridgehead atoms. The molecule has 1 unspecified atom stereocenters. The average molecular weight is 502 g/mol. The number of methoxy groups -OCH3 is 1. The second-order valence-corrected chi connectivity index (χ2v) is 10.0. The molecule has 1 aliphatic heterocycles. The fraction of sp³-hybridized carbons (Fsp3) is 0.357. The molecule has 0 spiro atoms. The Morgan fingerprint density at radius 3 is 2.62 bits per heavy atom. The summed E-state index contributed by atoms with van der Waals surface area (Å²) in [4.78, 5) is 46.5. The minimum atomic E-state index is -1.13. The summed E-state index contributed by atoms with van der Waals surface area (Å²) < 4.78 is 7.02. The molecule has 0 radical (unpaired) electrons. The Bertz CT molecular complexity index is 1390. The van der Waals surface area contributed by atoms with Gasteiger partial charge in [-0.05, 0) is 51.3 Å². The van der Waals surface area contributed by atoms with E-state index in [2.05, 4.69) is 15.6 Å². The molecule has 3 amide bonds. The number of carbonyl (C=O) groups is 3. The van der Waals surface area contributed by atoms with E-state index in [1.165, 1.54) is 6.33 Å². The molecule has 1 atom stereocenters. The standard InChI is InChI=1S/C28H31N5O4/c1-17-9-12-21(18(2)13-17)31-25(34)23-24-26(35)33(20-10-11-20)28(3,15-32(24)16-30-23)27(36)29-14-19-7-5-6-8-22(19)37-4/h5-9,12-13,16,20H,10-11,14-15H2,1-4H3,(H,29,36)(H,31,34). The summed E-state index contributed by atoms with van der Waals surface area (Å²) in [5.74, 6) is -0.386. The number of aryl methyl sites for hydroxylation is 2. The van der Waals surface area contributed by atoms with Gasteiger partial charge in [0.2, 0.25) is 5.91 Å². The van der Waals surface area contributed by atoms with Crippen LogP contribution in [0.15, 0.2) is 48.8 Å². The van der Waals surface area contributed by atoms with Crippen molar-refractivity contribution in [1.82, 2.24) is 19.8 Å². The number of rotatable bonds is 7.